The second-order valence-corrected chi connectivity index (χ2v) is 7.46. The number of nitrogens with one attached hydrogen (secondary N) is 1. The molecule has 1 fully saturated rings. The maximum atomic E-state index is 13.9. The van der Waals surface area contributed by atoms with E-state index in [1.165, 1.54) is 36.4 Å². The highest BCUT2D eigenvalue weighted by Crippen LogP contribution is 2.47. The Balaban J connectivity index is 2.19. The van der Waals surface area contributed by atoms with Crippen LogP contribution in [0.25, 0.3) is 0 Å². The number of carbonyl (C=O) groups excluding carboxylic acids is 2. The van der Waals surface area contributed by atoms with Crippen LogP contribution in [-0.2, 0) is 0 Å². The Labute approximate surface area is 161 Å². The van der Waals surface area contributed by atoms with E-state index in [-0.39, 0.29) is 15.3 Å². The van der Waals surface area contributed by atoms with E-state index in [0.29, 0.717) is 5.02 Å². The minimum atomic E-state index is -5.26. The average molecular weight is 419 g/mol. The van der Waals surface area contributed by atoms with E-state index in [9.17, 15) is 27.9 Å². The zero-order chi connectivity index (χ0) is 20.0. The maximum absolute atomic E-state index is 13.9. The number of Topliss-reactive ketones (excluding diaryl/α,β-unsaturated/α-hetero) is 1. The molecule has 3 atom stereocenters. The number of alkyl halides is 3. The number of hydrogen-bond donors (Lipinski definition) is 2. The zero-order valence-corrected chi connectivity index (χ0v) is 15.4. The van der Waals surface area contributed by atoms with Gasteiger partial charge in [0.15, 0.2) is 5.78 Å². The van der Waals surface area contributed by atoms with E-state index in [0.717, 1.165) is 18.4 Å². The van der Waals surface area contributed by atoms with Gasteiger partial charge in [-0.05, 0) is 29.1 Å². The van der Waals surface area contributed by atoms with E-state index >= 15 is 0 Å². The van der Waals surface area contributed by atoms with Crippen molar-refractivity contribution >= 4 is 34.8 Å². The molecule has 0 spiro atoms. The number of hydrogen-bond acceptors (Lipinski definition) is 4. The molecule has 1 aromatic carbocycles. The minimum Gasteiger partial charge on any atom is -0.363 e. The molecule has 3 rings (SSSR count). The van der Waals surface area contributed by atoms with Gasteiger partial charge in [0.1, 0.15) is 5.92 Å². The van der Waals surface area contributed by atoms with Crippen LogP contribution in [0, 0.1) is 5.92 Å². The van der Waals surface area contributed by atoms with E-state index < -0.39 is 35.7 Å². The molecule has 0 saturated carbocycles. The highest BCUT2D eigenvalue weighted by molar-refractivity contribution is 7.12. The highest BCUT2D eigenvalue weighted by Gasteiger charge is 2.69. The number of rotatable bonds is 3. The summed E-state index contributed by atoms with van der Waals surface area (Å²) in [7, 11) is 0.801. The monoisotopic (exact) mass is 418 g/mol. The van der Waals surface area contributed by atoms with Crippen molar-refractivity contribution in [1.29, 1.82) is 0 Å². The third kappa shape index (κ3) is 3.19. The molecule has 2 N–H and O–H groups in total. The lowest BCUT2D eigenvalue weighted by Crippen LogP contribution is -2.72. The van der Waals surface area contributed by atoms with Gasteiger partial charge in [-0.15, -0.1) is 11.3 Å². The smallest absolute Gasteiger partial charge is 0.363 e. The number of nitrogens with zero attached hydrogens (tertiary/aromatic N) is 1. The summed E-state index contributed by atoms with van der Waals surface area (Å²) in [6.45, 7) is 0. The van der Waals surface area contributed by atoms with Gasteiger partial charge in [0, 0.05) is 12.1 Å². The largest absolute Gasteiger partial charge is 0.437 e. The zero-order valence-electron chi connectivity index (χ0n) is 13.8. The van der Waals surface area contributed by atoms with Crippen LogP contribution in [0.2, 0.25) is 5.02 Å². The molecule has 2 heterocycles. The third-order valence-corrected chi connectivity index (χ3v) is 5.69. The first-order chi connectivity index (χ1) is 12.6. The average Bonchev–Trinajstić information content (AvgIpc) is 3.13. The molecule has 5 nitrogen and oxygen atoms in total. The Morgan fingerprint density at radius 2 is 1.93 bits per heavy atom. The molecule has 1 aliphatic heterocycles. The first kappa shape index (κ1) is 19.7. The molecular weight excluding hydrogens is 405 g/mol. The van der Waals surface area contributed by atoms with E-state index in [4.69, 9.17) is 11.6 Å². The molecule has 0 radical (unpaired) electrons. The summed E-state index contributed by atoms with van der Waals surface area (Å²) in [5.41, 5.74) is -3.46. The van der Waals surface area contributed by atoms with Crippen LogP contribution in [0.15, 0.2) is 41.8 Å². The van der Waals surface area contributed by atoms with Crippen LogP contribution in [-0.4, -0.2) is 40.8 Å². The standard InChI is InChI=1S/C17H14ClF3N2O3S/c1-23-15(25)22-13(9-4-6-10(18)7-5-9)12(16(23,26)17(19,20)21)14(24)11-3-2-8-27-11/h2-8,12-13,26H,1H3,(H,22,25)/t12-,13-,16-/m0/s1. The second-order valence-electron chi connectivity index (χ2n) is 6.08. The first-order valence-corrected chi connectivity index (χ1v) is 8.99. The number of carbonyl (C=O) groups is 2. The van der Waals surface area contributed by atoms with Gasteiger partial charge in [0.05, 0.1) is 10.9 Å². The van der Waals surface area contributed by atoms with Gasteiger partial charge in [-0.25, -0.2) is 4.79 Å². The van der Waals surface area contributed by atoms with Crippen LogP contribution >= 0.6 is 22.9 Å². The molecule has 1 saturated heterocycles. The Morgan fingerprint density at radius 1 is 1.30 bits per heavy atom. The number of amides is 2. The fraction of sp³-hybridized carbons (Fsp3) is 0.294. The number of benzene rings is 1. The fourth-order valence-electron chi connectivity index (χ4n) is 3.13. The van der Waals surface area contributed by atoms with Crippen molar-refractivity contribution in [2.24, 2.45) is 5.92 Å². The number of urea groups is 1. The summed E-state index contributed by atoms with van der Waals surface area (Å²) in [5, 5.41) is 14.9. The summed E-state index contributed by atoms with van der Waals surface area (Å²) in [6, 6.07) is 6.03. The lowest BCUT2D eigenvalue weighted by atomic mass is 9.78. The van der Waals surface area contributed by atoms with Gasteiger partial charge in [0.2, 0.25) is 0 Å². The first-order valence-electron chi connectivity index (χ1n) is 7.74. The highest BCUT2D eigenvalue weighted by atomic mass is 35.5. The summed E-state index contributed by atoms with van der Waals surface area (Å²) in [5.74, 6) is -2.93. The molecule has 144 valence electrons. The molecule has 10 heteroatoms. The molecule has 2 aromatic rings. The summed E-state index contributed by atoms with van der Waals surface area (Å²) in [4.78, 5) is 25.3. The fourth-order valence-corrected chi connectivity index (χ4v) is 3.96. The van der Waals surface area contributed by atoms with Crippen molar-refractivity contribution < 1.29 is 27.9 Å². The molecular formula is C17H14ClF3N2O3S. The van der Waals surface area contributed by atoms with Crippen molar-refractivity contribution in [2.75, 3.05) is 7.05 Å². The van der Waals surface area contributed by atoms with Crippen LogP contribution < -0.4 is 5.32 Å². The van der Waals surface area contributed by atoms with Crippen molar-refractivity contribution in [3.8, 4) is 0 Å². The van der Waals surface area contributed by atoms with Crippen LogP contribution in [0.1, 0.15) is 21.3 Å². The van der Waals surface area contributed by atoms with Crippen LogP contribution in [0.4, 0.5) is 18.0 Å². The Kier molecular flexibility index (Phi) is 4.96. The van der Waals surface area contributed by atoms with Gasteiger partial charge in [-0.1, -0.05) is 29.8 Å². The quantitative estimate of drug-likeness (QED) is 0.744. The summed E-state index contributed by atoms with van der Waals surface area (Å²) < 4.78 is 41.7. The Bertz CT molecular complexity index is 857. The van der Waals surface area contributed by atoms with E-state index in [1.807, 2.05) is 0 Å². The topological polar surface area (TPSA) is 69.6 Å². The normalized spacial score (nSPS) is 26.0. The van der Waals surface area contributed by atoms with Crippen molar-refractivity contribution in [3.63, 3.8) is 0 Å². The van der Waals surface area contributed by atoms with Gasteiger partial charge < -0.3 is 10.4 Å². The molecule has 0 aliphatic carbocycles. The molecule has 2 amide bonds. The molecule has 1 aromatic heterocycles. The number of halogens is 4. The SMILES string of the molecule is CN1C(=O)N[C@@H](c2ccc(Cl)cc2)[C@@H](C(=O)c2cccs2)[C@]1(O)C(F)(F)F. The van der Waals surface area contributed by atoms with E-state index in [2.05, 4.69) is 5.32 Å². The van der Waals surface area contributed by atoms with Gasteiger partial charge in [0.25, 0.3) is 5.72 Å². The van der Waals surface area contributed by atoms with Crippen LogP contribution in [0.5, 0.6) is 0 Å². The Morgan fingerprint density at radius 3 is 2.44 bits per heavy atom. The minimum absolute atomic E-state index is 0.0474. The van der Waals surface area contributed by atoms with Crippen LogP contribution in [0.3, 0.4) is 0 Å². The van der Waals surface area contributed by atoms with Gasteiger partial charge in [-0.3, -0.25) is 9.69 Å². The number of thiophene rings is 1. The predicted molar refractivity (Wildman–Crippen MR) is 93.6 cm³/mol. The van der Waals surface area contributed by atoms with Crippen molar-refractivity contribution in [1.82, 2.24) is 10.2 Å². The molecule has 0 bridgehead atoms. The number of aliphatic hydroxyl groups is 1. The Hall–Kier alpha value is -2.10. The van der Waals surface area contributed by atoms with Gasteiger partial charge >= 0.3 is 12.2 Å². The van der Waals surface area contributed by atoms with Gasteiger partial charge in [-0.2, -0.15) is 13.2 Å². The summed E-state index contributed by atoms with van der Waals surface area (Å²) >= 11 is 6.78. The second kappa shape index (κ2) is 6.81. The lowest BCUT2D eigenvalue weighted by molar-refractivity contribution is -0.322. The lowest BCUT2D eigenvalue weighted by Gasteiger charge is -2.49. The molecule has 0 unspecified atom stereocenters. The maximum Gasteiger partial charge on any atom is 0.437 e. The number of ketones is 1. The van der Waals surface area contributed by atoms with E-state index in [1.54, 1.807) is 5.38 Å². The third-order valence-electron chi connectivity index (χ3n) is 4.55. The van der Waals surface area contributed by atoms with Crippen molar-refractivity contribution in [2.45, 2.75) is 17.9 Å². The summed E-state index contributed by atoms with van der Waals surface area (Å²) in [6.07, 6.45) is -5.26. The van der Waals surface area contributed by atoms with Crippen molar-refractivity contribution in [3.05, 3.63) is 57.2 Å². The predicted octanol–water partition coefficient (Wildman–Crippen LogP) is 3.85. The molecule has 1 aliphatic rings. The molecule has 27 heavy (non-hydrogen) atoms.